The van der Waals surface area contributed by atoms with E-state index in [1.165, 1.54) is 12.7 Å². The lowest BCUT2D eigenvalue weighted by molar-refractivity contribution is -0.148. The smallest absolute Gasteiger partial charge is 0.323 e. The van der Waals surface area contributed by atoms with Gasteiger partial charge in [0.05, 0.1) is 26.9 Å². The van der Waals surface area contributed by atoms with E-state index >= 15 is 0 Å². The molecule has 1 N–H and O–H groups in total. The molecule has 2 saturated heterocycles. The Labute approximate surface area is 278 Å². The predicted molar refractivity (Wildman–Crippen MR) is 186 cm³/mol. The summed E-state index contributed by atoms with van der Waals surface area (Å²) in [6.07, 6.45) is 8.59. The van der Waals surface area contributed by atoms with Gasteiger partial charge in [-0.25, -0.2) is 0 Å². The highest BCUT2D eigenvalue weighted by atomic mass is 35.5. The van der Waals surface area contributed by atoms with E-state index in [1.54, 1.807) is 7.11 Å². The number of ether oxygens (including phenoxy) is 3. The average Bonchev–Trinajstić information content (AvgIpc) is 3.48. The molecule has 3 aromatic carbocycles. The summed E-state index contributed by atoms with van der Waals surface area (Å²) in [6.45, 7) is 8.98. The van der Waals surface area contributed by atoms with Gasteiger partial charge in [0.2, 0.25) is 0 Å². The monoisotopic (exact) mass is 646 g/mol. The number of carbonyl (C=O) groups excluding carboxylic acids is 1. The molecule has 7 nitrogen and oxygen atoms in total. The van der Waals surface area contributed by atoms with E-state index in [4.69, 9.17) is 25.8 Å². The van der Waals surface area contributed by atoms with Gasteiger partial charge in [0.1, 0.15) is 17.5 Å². The summed E-state index contributed by atoms with van der Waals surface area (Å²) in [6, 6.07) is 16.3. The maximum atomic E-state index is 12.4. The molecule has 0 radical (unpaired) electrons. The van der Waals surface area contributed by atoms with Crippen LogP contribution in [0.25, 0.3) is 23.3 Å². The van der Waals surface area contributed by atoms with Gasteiger partial charge >= 0.3 is 5.97 Å². The van der Waals surface area contributed by atoms with Crippen molar-refractivity contribution in [3.05, 3.63) is 81.4 Å². The molecule has 0 aromatic heterocycles. The Morgan fingerprint density at radius 3 is 2.46 bits per heavy atom. The number of hydrogen-bond acceptors (Lipinski definition) is 7. The molecule has 3 aromatic rings. The zero-order valence-corrected chi connectivity index (χ0v) is 28.3. The number of benzene rings is 3. The van der Waals surface area contributed by atoms with Crippen molar-refractivity contribution in [2.75, 3.05) is 47.0 Å². The highest BCUT2D eigenvalue weighted by molar-refractivity contribution is 6.32. The molecule has 0 bridgehead atoms. The molecule has 46 heavy (non-hydrogen) atoms. The van der Waals surface area contributed by atoms with Gasteiger partial charge in [0.25, 0.3) is 0 Å². The first-order valence-corrected chi connectivity index (χ1v) is 16.8. The fourth-order valence-electron chi connectivity index (χ4n) is 6.71. The van der Waals surface area contributed by atoms with Gasteiger partial charge in [-0.3, -0.25) is 9.69 Å². The van der Waals surface area contributed by atoms with Crippen molar-refractivity contribution in [3.8, 4) is 22.6 Å². The third kappa shape index (κ3) is 8.13. The summed E-state index contributed by atoms with van der Waals surface area (Å²) < 4.78 is 17.1. The number of β-amino-alcohol motifs (C(OH)–C–C–N with tert-alkyl or cyclic N) is 1. The minimum atomic E-state index is -0.247. The van der Waals surface area contributed by atoms with Crippen molar-refractivity contribution in [2.45, 2.75) is 64.6 Å². The van der Waals surface area contributed by atoms with Gasteiger partial charge in [0.15, 0.2) is 0 Å². The molecule has 0 unspecified atom stereocenters. The normalized spacial score (nSPS) is 19.1. The number of methoxy groups -OCH3 is 2. The fourth-order valence-corrected chi connectivity index (χ4v) is 6.96. The van der Waals surface area contributed by atoms with Gasteiger partial charge < -0.3 is 24.2 Å². The topological polar surface area (TPSA) is 71.5 Å². The molecule has 0 amide bonds. The van der Waals surface area contributed by atoms with Crippen LogP contribution < -0.4 is 9.47 Å². The van der Waals surface area contributed by atoms with Gasteiger partial charge in [0, 0.05) is 36.8 Å². The highest BCUT2D eigenvalue weighted by Gasteiger charge is 2.30. The number of aliphatic hydroxyl groups is 1. The molecular formula is C38H47ClN2O5. The Morgan fingerprint density at radius 2 is 1.72 bits per heavy atom. The number of hydrogen-bond donors (Lipinski definition) is 1. The SMILES string of the molecule is COC(=O)[C@@H]1CCCCN1Cc1cc(Cl)c(/C=C/c2cccc(-c3cccc(OCCCN4CC[C@@H](O)C4)c3C)c2C)cc1OC. The number of halogens is 1. The van der Waals surface area contributed by atoms with Crippen molar-refractivity contribution in [1.82, 2.24) is 9.80 Å². The molecule has 2 fully saturated rings. The second kappa shape index (κ2) is 16.0. The number of piperidine rings is 1. The second-order valence-electron chi connectivity index (χ2n) is 12.4. The van der Waals surface area contributed by atoms with Gasteiger partial charge in [-0.1, -0.05) is 60.5 Å². The zero-order valence-electron chi connectivity index (χ0n) is 27.6. The van der Waals surface area contributed by atoms with Crippen LogP contribution in [0.5, 0.6) is 11.5 Å². The van der Waals surface area contributed by atoms with Gasteiger partial charge in [-0.05, 0) is 97.7 Å². The van der Waals surface area contributed by atoms with Crippen LogP contribution in [-0.2, 0) is 16.1 Å². The summed E-state index contributed by atoms with van der Waals surface area (Å²) >= 11 is 6.82. The Kier molecular flexibility index (Phi) is 11.8. The van der Waals surface area contributed by atoms with Crippen LogP contribution in [0.2, 0.25) is 5.02 Å². The third-order valence-corrected chi connectivity index (χ3v) is 9.70. The average molecular weight is 647 g/mol. The van der Waals surface area contributed by atoms with Crippen molar-refractivity contribution in [1.29, 1.82) is 0 Å². The van der Waals surface area contributed by atoms with E-state index in [2.05, 4.69) is 60.1 Å². The highest BCUT2D eigenvalue weighted by Crippen LogP contribution is 2.35. The lowest BCUT2D eigenvalue weighted by Gasteiger charge is -2.34. The number of rotatable bonds is 12. The maximum Gasteiger partial charge on any atom is 0.323 e. The molecule has 5 rings (SSSR count). The predicted octanol–water partition coefficient (Wildman–Crippen LogP) is 7.17. The molecule has 0 spiro atoms. The minimum Gasteiger partial charge on any atom is -0.496 e. The first kappa shape index (κ1) is 34.0. The van der Waals surface area contributed by atoms with Crippen LogP contribution in [0.3, 0.4) is 0 Å². The fraction of sp³-hybridized carbons (Fsp3) is 0.447. The molecule has 0 aliphatic carbocycles. The quantitative estimate of drug-likeness (QED) is 0.127. The maximum absolute atomic E-state index is 12.4. The van der Waals surface area contributed by atoms with Gasteiger partial charge in [-0.2, -0.15) is 0 Å². The summed E-state index contributed by atoms with van der Waals surface area (Å²) in [5, 5.41) is 10.4. The van der Waals surface area contributed by atoms with Gasteiger partial charge in [-0.15, -0.1) is 0 Å². The van der Waals surface area contributed by atoms with E-state index in [9.17, 15) is 9.90 Å². The van der Waals surface area contributed by atoms with E-state index in [-0.39, 0.29) is 18.1 Å². The molecular weight excluding hydrogens is 600 g/mol. The van der Waals surface area contributed by atoms with Crippen LogP contribution in [0.1, 0.15) is 59.9 Å². The molecule has 246 valence electrons. The lowest BCUT2D eigenvalue weighted by Crippen LogP contribution is -2.44. The summed E-state index contributed by atoms with van der Waals surface area (Å²) in [4.78, 5) is 16.9. The molecule has 8 heteroatoms. The molecule has 2 heterocycles. The number of aliphatic hydroxyl groups excluding tert-OH is 1. The minimum absolute atomic E-state index is 0.188. The summed E-state index contributed by atoms with van der Waals surface area (Å²) in [7, 11) is 3.12. The van der Waals surface area contributed by atoms with Crippen LogP contribution in [0, 0.1) is 13.8 Å². The van der Waals surface area contributed by atoms with Crippen LogP contribution in [0.4, 0.5) is 0 Å². The van der Waals surface area contributed by atoms with Crippen LogP contribution >= 0.6 is 11.6 Å². The summed E-state index contributed by atoms with van der Waals surface area (Å²) in [5.74, 6) is 1.46. The molecule has 2 aliphatic rings. The Morgan fingerprint density at radius 1 is 0.957 bits per heavy atom. The van der Waals surface area contributed by atoms with E-state index in [0.717, 1.165) is 103 Å². The first-order valence-electron chi connectivity index (χ1n) is 16.4. The number of esters is 1. The zero-order chi connectivity index (χ0) is 32.6. The van der Waals surface area contributed by atoms with Crippen LogP contribution in [0.15, 0.2) is 48.5 Å². The Hall–Kier alpha value is -3.36. The van der Waals surface area contributed by atoms with Crippen molar-refractivity contribution < 1.29 is 24.1 Å². The Bertz CT molecular complexity index is 1540. The standard InChI is InChI=1S/C38H47ClN2O5/c1-26-28(10-7-11-32(26)33-12-8-14-36(27(33)2)46-21-9-18-40-20-17-31(42)25-40)15-16-29-23-37(44-3)30(22-34(29)39)24-41-19-6-5-13-35(41)38(43)45-4/h7-8,10-12,14-16,22-23,31,35,42H,5-6,9,13,17-21,24-25H2,1-4H3/b16-15+/t31-,35+/m1/s1. The lowest BCUT2D eigenvalue weighted by atomic mass is 9.93. The van der Waals surface area contributed by atoms with Crippen molar-refractivity contribution in [3.63, 3.8) is 0 Å². The largest absolute Gasteiger partial charge is 0.496 e. The van der Waals surface area contributed by atoms with E-state index in [0.29, 0.717) is 18.2 Å². The van der Waals surface area contributed by atoms with E-state index < -0.39 is 0 Å². The van der Waals surface area contributed by atoms with Crippen molar-refractivity contribution in [2.24, 2.45) is 0 Å². The van der Waals surface area contributed by atoms with Crippen molar-refractivity contribution >= 4 is 29.7 Å². The van der Waals surface area contributed by atoms with E-state index in [1.807, 2.05) is 24.3 Å². The number of carbonyl (C=O) groups is 1. The molecule has 0 saturated carbocycles. The number of likely N-dealkylation sites (tertiary alicyclic amines) is 2. The molecule has 2 atom stereocenters. The second-order valence-corrected chi connectivity index (χ2v) is 12.8. The summed E-state index contributed by atoms with van der Waals surface area (Å²) in [5.41, 5.74) is 7.53. The molecule has 2 aliphatic heterocycles. The Balaban J connectivity index is 1.30. The number of nitrogens with zero attached hydrogens (tertiary/aromatic N) is 2. The first-order chi connectivity index (χ1) is 22.3. The van der Waals surface area contributed by atoms with Crippen LogP contribution in [-0.4, -0.2) is 80.0 Å². The third-order valence-electron chi connectivity index (χ3n) is 9.38.